The zero-order valence-corrected chi connectivity index (χ0v) is 7.10. The average molecular weight is 168 g/mol. The predicted molar refractivity (Wildman–Crippen MR) is 43.4 cm³/mol. The fourth-order valence-corrected chi connectivity index (χ4v) is 0.771. The molecule has 1 aromatic heterocycles. The van der Waals surface area contributed by atoms with Crippen LogP contribution in [0.25, 0.3) is 0 Å². The number of rotatable bonds is 2. The molecule has 12 heavy (non-hydrogen) atoms. The molecular formula is C8H12N2O2. The minimum atomic E-state index is -0.995. The molecule has 0 saturated heterocycles. The fraction of sp³-hybridized carbons (Fsp3) is 0.500. The van der Waals surface area contributed by atoms with Crippen molar-refractivity contribution in [3.8, 4) is 0 Å². The van der Waals surface area contributed by atoms with E-state index in [0.717, 1.165) is 5.56 Å². The van der Waals surface area contributed by atoms with E-state index in [-0.39, 0.29) is 5.82 Å². The molecule has 0 fully saturated rings. The van der Waals surface area contributed by atoms with Crippen molar-refractivity contribution in [1.29, 1.82) is 0 Å². The normalized spacial score (nSPS) is 15.7. The highest BCUT2D eigenvalue weighted by atomic mass is 16.3. The minimum absolute atomic E-state index is 0.260. The molecule has 0 amide bonds. The van der Waals surface area contributed by atoms with Crippen LogP contribution in [0.5, 0.6) is 0 Å². The molecule has 66 valence electrons. The van der Waals surface area contributed by atoms with E-state index in [4.69, 9.17) is 5.11 Å². The van der Waals surface area contributed by atoms with Crippen molar-refractivity contribution < 1.29 is 10.2 Å². The summed E-state index contributed by atoms with van der Waals surface area (Å²) < 4.78 is 0. The summed E-state index contributed by atoms with van der Waals surface area (Å²) in [6.07, 6.45) is 1.38. The van der Waals surface area contributed by atoms with Crippen molar-refractivity contribution in [2.24, 2.45) is 0 Å². The van der Waals surface area contributed by atoms with Gasteiger partial charge in [-0.3, -0.25) is 0 Å². The van der Waals surface area contributed by atoms with Crippen molar-refractivity contribution in [1.82, 2.24) is 9.97 Å². The number of aliphatic hydroxyl groups excluding tert-OH is 2. The first-order valence-electron chi connectivity index (χ1n) is 3.76. The Hall–Kier alpha value is -1.00. The number of nitrogens with zero attached hydrogens (tertiary/aromatic N) is 2. The lowest BCUT2D eigenvalue weighted by molar-refractivity contribution is 0.0248. The lowest BCUT2D eigenvalue weighted by Crippen LogP contribution is -2.16. The van der Waals surface area contributed by atoms with E-state index in [2.05, 4.69) is 9.97 Å². The van der Waals surface area contributed by atoms with Crippen LogP contribution < -0.4 is 0 Å². The first-order valence-corrected chi connectivity index (χ1v) is 3.76. The Morgan fingerprint density at radius 3 is 2.17 bits per heavy atom. The Labute approximate surface area is 70.9 Å². The first-order chi connectivity index (χ1) is 5.61. The van der Waals surface area contributed by atoms with Gasteiger partial charge in [0.05, 0.1) is 6.10 Å². The Bertz CT molecular complexity index is 246. The highest BCUT2D eigenvalue weighted by molar-refractivity contribution is 5.03. The van der Waals surface area contributed by atoms with Crippen LogP contribution in [0.4, 0.5) is 0 Å². The maximum atomic E-state index is 9.31. The Balaban J connectivity index is 2.82. The molecule has 1 rings (SSSR count). The van der Waals surface area contributed by atoms with Crippen LogP contribution in [0.1, 0.15) is 24.4 Å². The van der Waals surface area contributed by atoms with E-state index in [0.29, 0.717) is 0 Å². The summed E-state index contributed by atoms with van der Waals surface area (Å²) in [5, 5.41) is 18.3. The maximum Gasteiger partial charge on any atom is 0.159 e. The lowest BCUT2D eigenvalue weighted by atomic mass is 10.2. The van der Waals surface area contributed by atoms with E-state index in [1.165, 1.54) is 6.92 Å². The van der Waals surface area contributed by atoms with Gasteiger partial charge in [-0.25, -0.2) is 9.97 Å². The molecule has 2 N–H and O–H groups in total. The van der Waals surface area contributed by atoms with Crippen LogP contribution in [0.2, 0.25) is 0 Å². The third-order valence-corrected chi connectivity index (χ3v) is 1.52. The van der Waals surface area contributed by atoms with Gasteiger partial charge in [-0.1, -0.05) is 0 Å². The highest BCUT2D eigenvalue weighted by Crippen LogP contribution is 2.10. The van der Waals surface area contributed by atoms with Crippen LogP contribution in [0, 0.1) is 6.92 Å². The summed E-state index contributed by atoms with van der Waals surface area (Å²) in [5.74, 6) is 0.260. The molecule has 0 radical (unpaired) electrons. The molecule has 1 aromatic rings. The smallest absolute Gasteiger partial charge is 0.159 e. The van der Waals surface area contributed by atoms with Gasteiger partial charge in [0.25, 0.3) is 0 Å². The second-order valence-electron chi connectivity index (χ2n) is 2.80. The van der Waals surface area contributed by atoms with Crippen molar-refractivity contribution in [3.63, 3.8) is 0 Å². The highest BCUT2D eigenvalue weighted by Gasteiger charge is 2.15. The van der Waals surface area contributed by atoms with Crippen molar-refractivity contribution in [2.75, 3.05) is 0 Å². The molecule has 4 nitrogen and oxygen atoms in total. The van der Waals surface area contributed by atoms with E-state index in [1.807, 2.05) is 6.92 Å². The van der Waals surface area contributed by atoms with Gasteiger partial charge >= 0.3 is 0 Å². The molecule has 0 aliphatic heterocycles. The average Bonchev–Trinajstić information content (AvgIpc) is 2.04. The van der Waals surface area contributed by atoms with Crippen LogP contribution >= 0.6 is 0 Å². The third kappa shape index (κ3) is 1.99. The topological polar surface area (TPSA) is 66.2 Å². The van der Waals surface area contributed by atoms with Gasteiger partial charge in [0.1, 0.15) is 6.10 Å². The standard InChI is InChI=1S/C8H12N2O2/c1-5-3-9-8(10-4-5)7(12)6(2)11/h3-4,6-7,11-12H,1-2H3/t6-,7+/m0/s1. The zero-order valence-electron chi connectivity index (χ0n) is 7.10. The SMILES string of the molecule is Cc1cnc([C@H](O)[C@H](C)O)nc1. The molecule has 0 spiro atoms. The molecule has 0 aliphatic rings. The third-order valence-electron chi connectivity index (χ3n) is 1.52. The van der Waals surface area contributed by atoms with E-state index in [1.54, 1.807) is 12.4 Å². The van der Waals surface area contributed by atoms with E-state index in [9.17, 15) is 5.11 Å². The number of aliphatic hydroxyl groups is 2. The number of hydrogen-bond donors (Lipinski definition) is 2. The Morgan fingerprint density at radius 2 is 1.75 bits per heavy atom. The molecule has 4 heteroatoms. The number of hydrogen-bond acceptors (Lipinski definition) is 4. The second-order valence-corrected chi connectivity index (χ2v) is 2.80. The summed E-state index contributed by atoms with van der Waals surface area (Å²) >= 11 is 0. The number of aryl methyl sites for hydroxylation is 1. The fourth-order valence-electron chi connectivity index (χ4n) is 0.771. The summed E-state index contributed by atoms with van der Waals surface area (Å²) in [4.78, 5) is 7.76. The lowest BCUT2D eigenvalue weighted by Gasteiger charge is -2.11. The quantitative estimate of drug-likeness (QED) is 0.662. The van der Waals surface area contributed by atoms with Gasteiger partial charge in [0.15, 0.2) is 5.82 Å². The molecule has 0 bridgehead atoms. The van der Waals surface area contributed by atoms with Crippen LogP contribution in [0.3, 0.4) is 0 Å². The molecule has 0 saturated carbocycles. The van der Waals surface area contributed by atoms with Gasteiger partial charge in [0.2, 0.25) is 0 Å². The van der Waals surface area contributed by atoms with Gasteiger partial charge in [0, 0.05) is 12.4 Å². The second kappa shape index (κ2) is 3.60. The molecular weight excluding hydrogens is 156 g/mol. The predicted octanol–water partition coefficient (Wildman–Crippen LogP) is 0.199. The molecule has 1 heterocycles. The van der Waals surface area contributed by atoms with Crippen LogP contribution in [-0.2, 0) is 0 Å². The zero-order chi connectivity index (χ0) is 9.14. The summed E-state index contributed by atoms with van der Waals surface area (Å²) in [6.45, 7) is 3.35. The van der Waals surface area contributed by atoms with Gasteiger partial charge in [-0.2, -0.15) is 0 Å². The molecule has 2 atom stereocenters. The van der Waals surface area contributed by atoms with Gasteiger partial charge in [-0.05, 0) is 19.4 Å². The minimum Gasteiger partial charge on any atom is -0.390 e. The molecule has 0 unspecified atom stereocenters. The van der Waals surface area contributed by atoms with Crippen molar-refractivity contribution >= 4 is 0 Å². The molecule has 0 aliphatic carbocycles. The summed E-state index contributed by atoms with van der Waals surface area (Å²) in [5.41, 5.74) is 0.927. The molecule has 0 aromatic carbocycles. The van der Waals surface area contributed by atoms with E-state index < -0.39 is 12.2 Å². The number of aromatic nitrogens is 2. The summed E-state index contributed by atoms with van der Waals surface area (Å²) in [7, 11) is 0. The Kier molecular flexibility index (Phi) is 2.73. The first kappa shape index (κ1) is 9.09. The van der Waals surface area contributed by atoms with Gasteiger partial charge in [-0.15, -0.1) is 0 Å². The van der Waals surface area contributed by atoms with Crippen molar-refractivity contribution in [2.45, 2.75) is 26.1 Å². The van der Waals surface area contributed by atoms with E-state index >= 15 is 0 Å². The van der Waals surface area contributed by atoms with Gasteiger partial charge < -0.3 is 10.2 Å². The van der Waals surface area contributed by atoms with Crippen molar-refractivity contribution in [3.05, 3.63) is 23.8 Å². The van der Waals surface area contributed by atoms with Crippen LogP contribution in [0.15, 0.2) is 12.4 Å². The Morgan fingerprint density at radius 1 is 1.25 bits per heavy atom. The summed E-state index contributed by atoms with van der Waals surface area (Å²) in [6, 6.07) is 0. The van der Waals surface area contributed by atoms with Crippen LogP contribution in [-0.4, -0.2) is 26.3 Å². The largest absolute Gasteiger partial charge is 0.390 e. The maximum absolute atomic E-state index is 9.31. The monoisotopic (exact) mass is 168 g/mol.